The third-order valence-electron chi connectivity index (χ3n) is 4.78. The molecule has 3 aromatic rings. The lowest BCUT2D eigenvalue weighted by Gasteiger charge is -2.27. The molecule has 1 heterocycles. The Hall–Kier alpha value is -3.20. The van der Waals surface area contributed by atoms with E-state index in [2.05, 4.69) is 16.0 Å². The van der Waals surface area contributed by atoms with Crippen LogP contribution in [0, 0.1) is 11.3 Å². The van der Waals surface area contributed by atoms with Crippen molar-refractivity contribution in [2.75, 3.05) is 0 Å². The smallest absolute Gasteiger partial charge is 0.261 e. The van der Waals surface area contributed by atoms with Crippen molar-refractivity contribution in [3.8, 4) is 6.07 Å². The van der Waals surface area contributed by atoms with E-state index >= 15 is 0 Å². The fourth-order valence-corrected chi connectivity index (χ4v) is 3.35. The first-order chi connectivity index (χ1) is 13.4. The Bertz CT molecular complexity index is 950. The summed E-state index contributed by atoms with van der Waals surface area (Å²) in [4.78, 5) is 8.30. The van der Waals surface area contributed by atoms with Gasteiger partial charge in [0.1, 0.15) is 0 Å². The summed E-state index contributed by atoms with van der Waals surface area (Å²) in [6.45, 7) is 0. The minimum Gasteiger partial charge on any atom is -0.261 e. The number of aromatic nitrogens is 2. The van der Waals surface area contributed by atoms with E-state index in [1.54, 1.807) is 24.7 Å². The van der Waals surface area contributed by atoms with Crippen LogP contribution in [0.5, 0.6) is 0 Å². The molecule has 0 spiro atoms. The number of nitrogens with zero attached hydrogens (tertiary/aromatic N) is 3. The molecule has 3 nitrogen and oxygen atoms in total. The van der Waals surface area contributed by atoms with Crippen LogP contribution >= 0.6 is 0 Å². The summed E-state index contributed by atoms with van der Waals surface area (Å²) in [6.07, 6.45) is 0.869. The highest BCUT2D eigenvalue weighted by Crippen LogP contribution is 2.36. The van der Waals surface area contributed by atoms with Crippen LogP contribution in [-0.4, -0.2) is 9.97 Å². The average Bonchev–Trinajstić information content (AvgIpc) is 2.72. The van der Waals surface area contributed by atoms with Crippen molar-refractivity contribution in [2.45, 2.75) is 30.9 Å². The molecule has 0 aliphatic rings. The summed E-state index contributed by atoms with van der Waals surface area (Å²) < 4.78 is 40.0. The van der Waals surface area contributed by atoms with Gasteiger partial charge in [0.25, 0.3) is 0 Å². The Balaban J connectivity index is 1.96. The molecule has 0 aliphatic heterocycles. The van der Waals surface area contributed by atoms with E-state index in [1.807, 2.05) is 30.3 Å². The van der Waals surface area contributed by atoms with Gasteiger partial charge in [0.2, 0.25) is 0 Å². The molecule has 28 heavy (non-hydrogen) atoms. The highest BCUT2D eigenvalue weighted by Gasteiger charge is 2.36. The molecule has 142 valence electrons. The minimum atomic E-state index is -4.43. The van der Waals surface area contributed by atoms with Crippen LogP contribution in [0.15, 0.2) is 73.2 Å². The lowest BCUT2D eigenvalue weighted by molar-refractivity contribution is -0.138. The summed E-state index contributed by atoms with van der Waals surface area (Å²) in [5.41, 5.74) is -0.0977. The highest BCUT2D eigenvalue weighted by atomic mass is 19.4. The Morgan fingerprint density at radius 2 is 1.64 bits per heavy atom. The maximum atomic E-state index is 13.3. The first-order valence-corrected chi connectivity index (χ1v) is 8.81. The van der Waals surface area contributed by atoms with Crippen LogP contribution in [0.3, 0.4) is 0 Å². The maximum Gasteiger partial charge on any atom is 0.416 e. The number of alkyl halides is 3. The van der Waals surface area contributed by atoms with Gasteiger partial charge in [0.15, 0.2) is 0 Å². The lowest BCUT2D eigenvalue weighted by Crippen LogP contribution is -2.29. The van der Waals surface area contributed by atoms with Crippen molar-refractivity contribution in [3.63, 3.8) is 0 Å². The van der Waals surface area contributed by atoms with Gasteiger partial charge in [0.05, 0.1) is 22.7 Å². The average molecular weight is 381 g/mol. The molecule has 1 unspecified atom stereocenters. The first kappa shape index (κ1) is 19.6. The van der Waals surface area contributed by atoms with E-state index in [9.17, 15) is 18.4 Å². The number of benzene rings is 2. The van der Waals surface area contributed by atoms with Crippen molar-refractivity contribution >= 4 is 0 Å². The molecule has 0 fully saturated rings. The van der Waals surface area contributed by atoms with Crippen molar-refractivity contribution in [2.24, 2.45) is 0 Å². The van der Waals surface area contributed by atoms with Gasteiger partial charge in [0, 0.05) is 25.0 Å². The van der Waals surface area contributed by atoms with Gasteiger partial charge in [-0.2, -0.15) is 18.4 Å². The van der Waals surface area contributed by atoms with Crippen molar-refractivity contribution < 1.29 is 13.2 Å². The molecule has 6 heteroatoms. The van der Waals surface area contributed by atoms with Gasteiger partial charge in [-0.05, 0) is 30.0 Å². The van der Waals surface area contributed by atoms with Gasteiger partial charge in [-0.25, -0.2) is 0 Å². The van der Waals surface area contributed by atoms with Crippen LogP contribution in [0.1, 0.15) is 28.8 Å². The summed E-state index contributed by atoms with van der Waals surface area (Å²) >= 11 is 0. The molecule has 0 bridgehead atoms. The number of rotatable bonds is 6. The zero-order chi connectivity index (χ0) is 20.0. The molecule has 0 saturated carbocycles. The number of halogens is 3. The standard InChI is InChI=1S/C22H18F3N3/c23-22(24,25)20-9-5-4-6-17(20)10-11-21(16-26,18-7-2-1-3-8-18)14-19-15-27-12-13-28-19/h1-9,12-13,15H,10-11,14H2. The molecule has 0 saturated heterocycles. The molecule has 0 aliphatic carbocycles. The van der Waals surface area contributed by atoms with Crippen LogP contribution < -0.4 is 0 Å². The second-order valence-electron chi connectivity index (χ2n) is 6.59. The molecular weight excluding hydrogens is 363 g/mol. The Morgan fingerprint density at radius 1 is 0.929 bits per heavy atom. The van der Waals surface area contributed by atoms with Gasteiger partial charge in [-0.1, -0.05) is 48.5 Å². The van der Waals surface area contributed by atoms with E-state index < -0.39 is 17.2 Å². The van der Waals surface area contributed by atoms with Gasteiger partial charge >= 0.3 is 6.18 Å². The second-order valence-corrected chi connectivity index (χ2v) is 6.59. The summed E-state index contributed by atoms with van der Waals surface area (Å²) in [6, 6.07) is 17.0. The monoisotopic (exact) mass is 381 g/mol. The molecular formula is C22H18F3N3. The van der Waals surface area contributed by atoms with Gasteiger partial charge < -0.3 is 0 Å². The van der Waals surface area contributed by atoms with Crippen molar-refractivity contribution in [1.82, 2.24) is 9.97 Å². The normalized spacial score (nSPS) is 13.5. The quantitative estimate of drug-likeness (QED) is 0.595. The summed E-state index contributed by atoms with van der Waals surface area (Å²) in [5.74, 6) is 0. The number of hydrogen-bond acceptors (Lipinski definition) is 3. The van der Waals surface area contributed by atoms with Crippen LogP contribution in [0.2, 0.25) is 0 Å². The summed E-state index contributed by atoms with van der Waals surface area (Å²) in [7, 11) is 0. The molecule has 3 rings (SSSR count). The van der Waals surface area contributed by atoms with Crippen LogP contribution in [0.4, 0.5) is 13.2 Å². The lowest BCUT2D eigenvalue weighted by atomic mass is 9.73. The van der Waals surface area contributed by atoms with E-state index in [0.717, 1.165) is 11.6 Å². The van der Waals surface area contributed by atoms with E-state index in [-0.39, 0.29) is 24.8 Å². The van der Waals surface area contributed by atoms with Crippen LogP contribution in [0.25, 0.3) is 0 Å². The maximum absolute atomic E-state index is 13.3. The highest BCUT2D eigenvalue weighted by molar-refractivity contribution is 5.36. The van der Waals surface area contributed by atoms with Gasteiger partial charge in [-0.3, -0.25) is 9.97 Å². The predicted molar refractivity (Wildman–Crippen MR) is 99.2 cm³/mol. The largest absolute Gasteiger partial charge is 0.416 e. The zero-order valence-corrected chi connectivity index (χ0v) is 15.0. The number of aryl methyl sites for hydroxylation is 1. The van der Waals surface area contributed by atoms with Crippen LogP contribution in [-0.2, 0) is 24.4 Å². The molecule has 2 aromatic carbocycles. The second kappa shape index (κ2) is 8.22. The molecule has 1 aromatic heterocycles. The van der Waals surface area contributed by atoms with E-state index in [1.165, 1.54) is 12.1 Å². The molecule has 0 radical (unpaired) electrons. The Kier molecular flexibility index (Phi) is 5.74. The Labute approximate surface area is 161 Å². The SMILES string of the molecule is N#CC(CCc1ccccc1C(F)(F)F)(Cc1cnccn1)c1ccccc1. The predicted octanol–water partition coefficient (Wildman–Crippen LogP) is 5.13. The minimum absolute atomic E-state index is 0.123. The summed E-state index contributed by atoms with van der Waals surface area (Å²) in [5, 5.41) is 10.1. The topological polar surface area (TPSA) is 49.6 Å². The zero-order valence-electron chi connectivity index (χ0n) is 15.0. The van der Waals surface area contributed by atoms with Crippen molar-refractivity contribution in [1.29, 1.82) is 5.26 Å². The third-order valence-corrected chi connectivity index (χ3v) is 4.78. The first-order valence-electron chi connectivity index (χ1n) is 8.81. The molecule has 0 N–H and O–H groups in total. The van der Waals surface area contributed by atoms with Crippen molar-refractivity contribution in [3.05, 3.63) is 95.6 Å². The Morgan fingerprint density at radius 3 is 2.29 bits per heavy atom. The fraction of sp³-hybridized carbons (Fsp3) is 0.227. The fourth-order valence-electron chi connectivity index (χ4n) is 3.35. The number of hydrogen-bond donors (Lipinski definition) is 0. The van der Waals surface area contributed by atoms with E-state index in [4.69, 9.17) is 0 Å². The third kappa shape index (κ3) is 4.37. The van der Waals surface area contributed by atoms with Gasteiger partial charge in [-0.15, -0.1) is 0 Å². The molecule has 0 amide bonds. The number of nitriles is 1. The van der Waals surface area contributed by atoms with E-state index in [0.29, 0.717) is 5.69 Å². The molecule has 1 atom stereocenters.